The maximum Gasteiger partial charge on any atom is 0.328 e. The number of alkyl halides is 1. The van der Waals surface area contributed by atoms with Gasteiger partial charge < -0.3 is 14.6 Å². The average Bonchev–Trinajstić information content (AvgIpc) is 2.81. The third-order valence-corrected chi connectivity index (χ3v) is 4.12. The Bertz CT molecular complexity index is 425. The highest BCUT2D eigenvalue weighted by Crippen LogP contribution is 2.33. The van der Waals surface area contributed by atoms with Crippen molar-refractivity contribution in [2.45, 2.75) is 28.9 Å². The molecule has 0 aromatic carbocycles. The van der Waals surface area contributed by atoms with Crippen LogP contribution in [-0.2, 0) is 14.3 Å². The van der Waals surface area contributed by atoms with Crippen molar-refractivity contribution in [3.8, 4) is 0 Å². The Kier molecular flexibility index (Phi) is 4.14. The summed E-state index contributed by atoms with van der Waals surface area (Å²) in [5.41, 5.74) is 0. The van der Waals surface area contributed by atoms with Crippen molar-refractivity contribution in [2.75, 3.05) is 13.7 Å². The third-order valence-electron chi connectivity index (χ3n) is 3.10. The van der Waals surface area contributed by atoms with E-state index in [-0.39, 0.29) is 6.61 Å². The van der Waals surface area contributed by atoms with Gasteiger partial charge in [0.2, 0.25) is 5.91 Å². The fraction of sp³-hybridized carbons (Fsp3) is 0.636. The number of ether oxygens (including phenoxy) is 2. The Labute approximate surface area is 124 Å². The SMILES string of the molecule is COC1N([C@H]2C=C[C@@H](CO)O2)C(=O)NC(=O)C1(C)I. The molecular formula is C11H15IN2O5. The van der Waals surface area contributed by atoms with Crippen molar-refractivity contribution in [2.24, 2.45) is 0 Å². The van der Waals surface area contributed by atoms with Crippen molar-refractivity contribution in [3.05, 3.63) is 12.2 Å². The smallest absolute Gasteiger partial charge is 0.328 e. The van der Waals surface area contributed by atoms with Gasteiger partial charge in [0.25, 0.3) is 0 Å². The summed E-state index contributed by atoms with van der Waals surface area (Å²) in [6.07, 6.45) is 1.47. The number of nitrogens with zero attached hydrogens (tertiary/aromatic N) is 1. The lowest BCUT2D eigenvalue weighted by molar-refractivity contribution is -0.147. The number of methoxy groups -OCH3 is 1. The zero-order chi connectivity index (χ0) is 14.2. The quantitative estimate of drug-likeness (QED) is 0.407. The maximum absolute atomic E-state index is 12.0. The molecule has 0 bridgehead atoms. The molecule has 0 spiro atoms. The van der Waals surface area contributed by atoms with E-state index in [1.165, 1.54) is 12.0 Å². The Morgan fingerprint density at radius 1 is 1.58 bits per heavy atom. The zero-order valence-electron chi connectivity index (χ0n) is 10.5. The number of halogens is 1. The number of hydrogen-bond acceptors (Lipinski definition) is 5. The molecule has 0 aromatic rings. The molecular weight excluding hydrogens is 367 g/mol. The number of urea groups is 1. The molecule has 0 radical (unpaired) electrons. The number of imide groups is 1. The molecule has 1 saturated heterocycles. The third kappa shape index (κ3) is 2.49. The van der Waals surface area contributed by atoms with E-state index in [2.05, 4.69) is 5.32 Å². The van der Waals surface area contributed by atoms with Crippen LogP contribution < -0.4 is 5.32 Å². The van der Waals surface area contributed by atoms with Gasteiger partial charge in [-0.25, -0.2) is 4.79 Å². The molecule has 0 aliphatic carbocycles. The zero-order valence-corrected chi connectivity index (χ0v) is 12.7. The van der Waals surface area contributed by atoms with Crippen LogP contribution in [0.5, 0.6) is 0 Å². The van der Waals surface area contributed by atoms with Crippen molar-refractivity contribution in [1.29, 1.82) is 0 Å². The minimum Gasteiger partial charge on any atom is -0.393 e. The maximum atomic E-state index is 12.0. The molecule has 2 aliphatic rings. The molecule has 0 saturated carbocycles. The number of hydrogen-bond donors (Lipinski definition) is 2. The van der Waals surface area contributed by atoms with E-state index in [1.807, 2.05) is 22.6 Å². The Hall–Kier alpha value is -0.710. The number of aliphatic hydroxyl groups excluding tert-OH is 1. The second-order valence-corrected chi connectivity index (χ2v) is 6.70. The highest BCUT2D eigenvalue weighted by molar-refractivity contribution is 14.1. The number of rotatable bonds is 3. The monoisotopic (exact) mass is 382 g/mol. The Morgan fingerprint density at radius 2 is 2.26 bits per heavy atom. The van der Waals surface area contributed by atoms with Gasteiger partial charge in [0.1, 0.15) is 9.53 Å². The summed E-state index contributed by atoms with van der Waals surface area (Å²) in [6, 6.07) is -0.570. The number of aliphatic hydroxyl groups is 1. The lowest BCUT2D eigenvalue weighted by Gasteiger charge is -2.44. The highest BCUT2D eigenvalue weighted by Gasteiger charge is 2.52. The number of amides is 3. The van der Waals surface area contributed by atoms with Crippen molar-refractivity contribution in [3.63, 3.8) is 0 Å². The molecule has 2 heterocycles. The van der Waals surface area contributed by atoms with E-state index in [9.17, 15) is 9.59 Å². The average molecular weight is 382 g/mol. The van der Waals surface area contributed by atoms with Gasteiger partial charge in [0.05, 0.1) is 6.61 Å². The van der Waals surface area contributed by atoms with Crippen molar-refractivity contribution < 1.29 is 24.2 Å². The predicted molar refractivity (Wildman–Crippen MR) is 73.5 cm³/mol. The summed E-state index contributed by atoms with van der Waals surface area (Å²) < 4.78 is 9.87. The minimum atomic E-state index is -0.922. The van der Waals surface area contributed by atoms with Crippen LogP contribution in [-0.4, -0.2) is 57.6 Å². The van der Waals surface area contributed by atoms with Crippen molar-refractivity contribution in [1.82, 2.24) is 10.2 Å². The predicted octanol–water partition coefficient (Wildman–Crippen LogP) is -0.0222. The number of carbonyl (C=O) groups excluding carboxylic acids is 2. The summed E-state index contributed by atoms with van der Waals surface area (Å²) >= 11 is 1.95. The van der Waals surface area contributed by atoms with Gasteiger partial charge in [-0.05, 0) is 13.0 Å². The van der Waals surface area contributed by atoms with Crippen LogP contribution >= 0.6 is 22.6 Å². The summed E-state index contributed by atoms with van der Waals surface area (Å²) in [7, 11) is 1.43. The van der Waals surface area contributed by atoms with Gasteiger partial charge in [0.15, 0.2) is 12.5 Å². The minimum absolute atomic E-state index is 0.166. The lowest BCUT2D eigenvalue weighted by Crippen LogP contribution is -2.69. The Balaban J connectivity index is 2.25. The molecule has 19 heavy (non-hydrogen) atoms. The Morgan fingerprint density at radius 3 is 2.79 bits per heavy atom. The first kappa shape index (κ1) is 14.7. The van der Waals surface area contributed by atoms with Crippen LogP contribution in [0.2, 0.25) is 0 Å². The van der Waals surface area contributed by atoms with E-state index < -0.39 is 33.9 Å². The molecule has 2 unspecified atom stereocenters. The van der Waals surface area contributed by atoms with Crippen LogP contribution in [0.25, 0.3) is 0 Å². The van der Waals surface area contributed by atoms with Crippen LogP contribution in [0, 0.1) is 0 Å². The van der Waals surface area contributed by atoms with Crippen molar-refractivity contribution >= 4 is 34.5 Å². The molecule has 2 N–H and O–H groups in total. The van der Waals surface area contributed by atoms with Gasteiger partial charge in [-0.1, -0.05) is 28.7 Å². The van der Waals surface area contributed by atoms with Crippen LogP contribution in [0.3, 0.4) is 0 Å². The molecule has 1 fully saturated rings. The first-order valence-electron chi connectivity index (χ1n) is 5.72. The summed E-state index contributed by atoms with van der Waals surface area (Å²) in [5, 5.41) is 11.3. The summed E-state index contributed by atoms with van der Waals surface area (Å²) in [6.45, 7) is 1.51. The molecule has 0 aromatic heterocycles. The summed E-state index contributed by atoms with van der Waals surface area (Å²) in [4.78, 5) is 25.1. The van der Waals surface area contributed by atoms with Gasteiger partial charge in [-0.2, -0.15) is 0 Å². The highest BCUT2D eigenvalue weighted by atomic mass is 127. The molecule has 8 heteroatoms. The van der Waals surface area contributed by atoms with E-state index in [0.29, 0.717) is 0 Å². The first-order chi connectivity index (χ1) is 8.91. The van der Waals surface area contributed by atoms with Crippen LogP contribution in [0.1, 0.15) is 6.92 Å². The molecule has 4 atom stereocenters. The second kappa shape index (κ2) is 5.35. The van der Waals surface area contributed by atoms with Crippen LogP contribution in [0.4, 0.5) is 4.79 Å². The van der Waals surface area contributed by atoms with E-state index in [4.69, 9.17) is 14.6 Å². The topological polar surface area (TPSA) is 88.1 Å². The van der Waals surface area contributed by atoms with E-state index in [1.54, 1.807) is 19.1 Å². The fourth-order valence-electron chi connectivity index (χ4n) is 2.10. The lowest BCUT2D eigenvalue weighted by atomic mass is 10.1. The van der Waals surface area contributed by atoms with Gasteiger partial charge in [-0.3, -0.25) is 15.0 Å². The van der Waals surface area contributed by atoms with Crippen LogP contribution in [0.15, 0.2) is 12.2 Å². The molecule has 2 rings (SSSR count). The standard InChI is InChI=1S/C11H15IN2O5/c1-11(12)8(16)13-10(17)14(9(11)18-2)7-4-3-6(5-15)19-7/h3-4,6-7,9,15H,5H2,1-2H3,(H,13,16,17)/t6-,7+,9?,11?/m0/s1. The molecule has 3 amide bonds. The van der Waals surface area contributed by atoms with Gasteiger partial charge in [-0.15, -0.1) is 0 Å². The normalized spacial score (nSPS) is 38.7. The molecule has 2 aliphatic heterocycles. The second-order valence-electron chi connectivity index (χ2n) is 4.46. The molecule has 7 nitrogen and oxygen atoms in total. The van der Waals surface area contributed by atoms with Gasteiger partial charge in [0, 0.05) is 7.11 Å². The number of nitrogens with one attached hydrogen (secondary N) is 1. The number of carbonyl (C=O) groups is 2. The fourth-order valence-corrected chi connectivity index (χ4v) is 2.79. The first-order valence-corrected chi connectivity index (χ1v) is 6.79. The van der Waals surface area contributed by atoms with E-state index >= 15 is 0 Å². The van der Waals surface area contributed by atoms with Gasteiger partial charge >= 0.3 is 6.03 Å². The molecule has 106 valence electrons. The van der Waals surface area contributed by atoms with E-state index in [0.717, 1.165) is 0 Å². The summed E-state index contributed by atoms with van der Waals surface area (Å²) in [5.74, 6) is -0.401. The largest absolute Gasteiger partial charge is 0.393 e.